The van der Waals surface area contributed by atoms with Gasteiger partial charge >= 0.3 is 5.97 Å². The lowest BCUT2D eigenvalue weighted by Gasteiger charge is -2.14. The van der Waals surface area contributed by atoms with Crippen LogP contribution in [-0.4, -0.2) is 28.8 Å². The molecule has 3 N–H and O–H groups in total. The molecule has 0 spiro atoms. The van der Waals surface area contributed by atoms with Crippen LogP contribution in [0.3, 0.4) is 0 Å². The van der Waals surface area contributed by atoms with E-state index in [-0.39, 0.29) is 5.75 Å². The van der Waals surface area contributed by atoms with E-state index in [1.807, 2.05) is 0 Å². The second-order valence-corrected chi connectivity index (χ2v) is 4.78. The number of aromatic hydroxyl groups is 1. The van der Waals surface area contributed by atoms with Crippen molar-refractivity contribution in [3.63, 3.8) is 0 Å². The van der Waals surface area contributed by atoms with E-state index in [1.165, 1.54) is 12.8 Å². The third-order valence-electron chi connectivity index (χ3n) is 3.10. The fraction of sp³-hybridized carbons (Fsp3) is 0.533. The van der Waals surface area contributed by atoms with Crippen molar-refractivity contribution in [1.82, 2.24) is 5.32 Å². The minimum absolute atomic E-state index is 0.197. The van der Waals surface area contributed by atoms with Crippen LogP contribution in [0.25, 0.3) is 0 Å². The number of phenols is 1. The van der Waals surface area contributed by atoms with E-state index in [9.17, 15) is 15.0 Å². The van der Waals surface area contributed by atoms with Gasteiger partial charge in [-0.2, -0.15) is 0 Å². The van der Waals surface area contributed by atoms with Crippen molar-refractivity contribution in [3.05, 3.63) is 29.8 Å². The molecule has 0 saturated heterocycles. The number of nitrogens with one attached hydrogen (secondary N) is 1. The van der Waals surface area contributed by atoms with E-state index in [2.05, 4.69) is 12.2 Å². The fourth-order valence-corrected chi connectivity index (χ4v) is 1.94. The molecule has 0 aliphatic heterocycles. The zero-order valence-corrected chi connectivity index (χ0v) is 11.4. The predicted octanol–water partition coefficient (Wildman–Crippen LogP) is 2.56. The van der Waals surface area contributed by atoms with Crippen LogP contribution in [0.1, 0.15) is 38.2 Å². The van der Waals surface area contributed by atoms with E-state index >= 15 is 0 Å². The van der Waals surface area contributed by atoms with Crippen LogP contribution in [0.2, 0.25) is 0 Å². The van der Waals surface area contributed by atoms with E-state index in [0.29, 0.717) is 6.42 Å². The molecule has 1 atom stereocenters. The van der Waals surface area contributed by atoms with Crippen molar-refractivity contribution >= 4 is 5.97 Å². The van der Waals surface area contributed by atoms with Crippen LogP contribution in [0.15, 0.2) is 24.3 Å². The Hall–Kier alpha value is -1.55. The number of carbonyl (C=O) groups is 1. The van der Waals surface area contributed by atoms with Gasteiger partial charge in [-0.25, -0.2) is 0 Å². The van der Waals surface area contributed by atoms with Crippen LogP contribution in [0.5, 0.6) is 5.75 Å². The topological polar surface area (TPSA) is 69.6 Å². The molecule has 0 radical (unpaired) electrons. The largest absolute Gasteiger partial charge is 0.508 e. The summed E-state index contributed by atoms with van der Waals surface area (Å²) in [5, 5.41) is 21.5. The van der Waals surface area contributed by atoms with Gasteiger partial charge in [0.15, 0.2) is 0 Å². The average Bonchev–Trinajstić information content (AvgIpc) is 2.39. The first-order chi connectivity index (χ1) is 9.13. The Morgan fingerprint density at radius 2 is 1.89 bits per heavy atom. The molecule has 1 aromatic carbocycles. The van der Waals surface area contributed by atoms with Crippen molar-refractivity contribution in [2.45, 2.75) is 45.1 Å². The van der Waals surface area contributed by atoms with Crippen molar-refractivity contribution in [2.24, 2.45) is 0 Å². The Morgan fingerprint density at radius 3 is 2.47 bits per heavy atom. The summed E-state index contributed by atoms with van der Waals surface area (Å²) in [7, 11) is 0. The Kier molecular flexibility index (Phi) is 6.97. The summed E-state index contributed by atoms with van der Waals surface area (Å²) < 4.78 is 0. The average molecular weight is 265 g/mol. The normalized spacial score (nSPS) is 12.3. The maximum Gasteiger partial charge on any atom is 0.321 e. The van der Waals surface area contributed by atoms with Gasteiger partial charge in [0.2, 0.25) is 0 Å². The van der Waals surface area contributed by atoms with Crippen LogP contribution < -0.4 is 5.32 Å². The number of unbranched alkanes of at least 4 members (excludes halogenated alkanes) is 3. The minimum atomic E-state index is -0.830. The molecule has 0 aromatic heterocycles. The molecular weight excluding hydrogens is 242 g/mol. The predicted molar refractivity (Wildman–Crippen MR) is 75.4 cm³/mol. The van der Waals surface area contributed by atoms with Crippen LogP contribution in [-0.2, 0) is 11.2 Å². The summed E-state index contributed by atoms with van der Waals surface area (Å²) >= 11 is 0. The fourth-order valence-electron chi connectivity index (χ4n) is 1.94. The van der Waals surface area contributed by atoms with Crippen molar-refractivity contribution < 1.29 is 15.0 Å². The highest BCUT2D eigenvalue weighted by atomic mass is 16.4. The smallest absolute Gasteiger partial charge is 0.321 e. The SMILES string of the molecule is CCCCCCN[C@@H](Cc1ccc(O)cc1)C(=O)O. The van der Waals surface area contributed by atoms with Gasteiger partial charge in [-0.1, -0.05) is 38.3 Å². The zero-order chi connectivity index (χ0) is 14.1. The molecule has 0 unspecified atom stereocenters. The number of hydrogen-bond acceptors (Lipinski definition) is 3. The molecule has 1 aromatic rings. The first-order valence-electron chi connectivity index (χ1n) is 6.87. The van der Waals surface area contributed by atoms with E-state index in [0.717, 1.165) is 24.9 Å². The van der Waals surface area contributed by atoms with Crippen molar-refractivity contribution in [3.8, 4) is 5.75 Å². The molecule has 106 valence electrons. The van der Waals surface area contributed by atoms with E-state index in [1.54, 1.807) is 24.3 Å². The molecule has 1 rings (SSSR count). The molecule has 0 bridgehead atoms. The third kappa shape index (κ3) is 6.25. The highest BCUT2D eigenvalue weighted by Gasteiger charge is 2.16. The lowest BCUT2D eigenvalue weighted by Crippen LogP contribution is -2.39. The van der Waals surface area contributed by atoms with E-state index < -0.39 is 12.0 Å². The summed E-state index contributed by atoms with van der Waals surface area (Å²) in [6.45, 7) is 2.88. The molecule has 0 fully saturated rings. The van der Waals surface area contributed by atoms with Gasteiger partial charge in [0.25, 0.3) is 0 Å². The van der Waals surface area contributed by atoms with Gasteiger partial charge in [-0.05, 0) is 37.1 Å². The molecule has 19 heavy (non-hydrogen) atoms. The van der Waals surface area contributed by atoms with Gasteiger partial charge in [0, 0.05) is 0 Å². The number of rotatable bonds is 9. The molecule has 0 heterocycles. The standard InChI is InChI=1S/C15H23NO3/c1-2-3-4-5-10-16-14(15(18)19)11-12-6-8-13(17)9-7-12/h6-9,14,16-17H,2-5,10-11H2,1H3,(H,18,19)/t14-/m0/s1. The Labute approximate surface area is 114 Å². The Bertz CT molecular complexity index is 375. The summed E-state index contributed by atoms with van der Waals surface area (Å²) in [4.78, 5) is 11.2. The maximum atomic E-state index is 11.2. The zero-order valence-electron chi connectivity index (χ0n) is 11.4. The lowest BCUT2D eigenvalue weighted by molar-refractivity contribution is -0.139. The number of carboxylic acids is 1. The first kappa shape index (κ1) is 15.5. The molecule has 0 amide bonds. The summed E-state index contributed by atoms with van der Waals surface area (Å²) in [5.74, 6) is -0.633. The van der Waals surface area contributed by atoms with Crippen molar-refractivity contribution in [1.29, 1.82) is 0 Å². The van der Waals surface area contributed by atoms with Gasteiger partial charge in [-0.15, -0.1) is 0 Å². The molecule has 0 saturated carbocycles. The Balaban J connectivity index is 2.40. The quantitative estimate of drug-likeness (QED) is 0.600. The number of phenolic OH excluding ortho intramolecular Hbond substituents is 1. The monoisotopic (exact) mass is 265 g/mol. The van der Waals surface area contributed by atoms with Gasteiger partial charge in [-0.3, -0.25) is 4.79 Å². The Morgan fingerprint density at radius 1 is 1.21 bits per heavy atom. The highest BCUT2D eigenvalue weighted by molar-refractivity contribution is 5.73. The van der Waals surface area contributed by atoms with Gasteiger partial charge in [0.05, 0.1) is 0 Å². The number of hydrogen-bond donors (Lipinski definition) is 3. The third-order valence-corrected chi connectivity index (χ3v) is 3.10. The number of carboxylic acid groups (broad SMARTS) is 1. The highest BCUT2D eigenvalue weighted by Crippen LogP contribution is 2.11. The molecule has 4 heteroatoms. The second-order valence-electron chi connectivity index (χ2n) is 4.78. The summed E-state index contributed by atoms with van der Waals surface area (Å²) in [6.07, 6.45) is 4.94. The molecule has 0 aliphatic carbocycles. The summed E-state index contributed by atoms with van der Waals surface area (Å²) in [5.41, 5.74) is 0.909. The van der Waals surface area contributed by atoms with Gasteiger partial charge < -0.3 is 15.5 Å². The van der Waals surface area contributed by atoms with Crippen LogP contribution in [0.4, 0.5) is 0 Å². The summed E-state index contributed by atoms with van der Waals surface area (Å²) in [6, 6.07) is 6.10. The van der Waals surface area contributed by atoms with Crippen LogP contribution >= 0.6 is 0 Å². The van der Waals surface area contributed by atoms with Crippen LogP contribution in [0, 0.1) is 0 Å². The van der Waals surface area contributed by atoms with E-state index in [4.69, 9.17) is 0 Å². The number of aliphatic carboxylic acids is 1. The second kappa shape index (κ2) is 8.53. The first-order valence-corrected chi connectivity index (χ1v) is 6.87. The molecule has 4 nitrogen and oxygen atoms in total. The minimum Gasteiger partial charge on any atom is -0.508 e. The maximum absolute atomic E-state index is 11.2. The van der Waals surface area contributed by atoms with Gasteiger partial charge in [0.1, 0.15) is 11.8 Å². The molecular formula is C15H23NO3. The van der Waals surface area contributed by atoms with Crippen molar-refractivity contribution in [2.75, 3.05) is 6.54 Å². The lowest BCUT2D eigenvalue weighted by atomic mass is 10.1. The number of benzene rings is 1. The molecule has 0 aliphatic rings.